The SMILES string of the molecule is CCn1cc(NC(=O)c2cc(-c3ccccc3F)nc3onc(-c4ccccc4)c23)cn1. The molecule has 32 heavy (non-hydrogen) atoms. The Hall–Kier alpha value is -4.33. The zero-order chi connectivity index (χ0) is 22.1. The summed E-state index contributed by atoms with van der Waals surface area (Å²) >= 11 is 0. The van der Waals surface area contributed by atoms with Gasteiger partial charge in [-0.3, -0.25) is 9.48 Å². The normalized spacial score (nSPS) is 11.1. The molecule has 0 saturated carbocycles. The molecule has 0 fully saturated rings. The minimum atomic E-state index is -0.447. The highest BCUT2D eigenvalue weighted by atomic mass is 19.1. The number of hydrogen-bond acceptors (Lipinski definition) is 5. The predicted molar refractivity (Wildman–Crippen MR) is 118 cm³/mol. The van der Waals surface area contributed by atoms with Crippen molar-refractivity contribution in [3.8, 4) is 22.5 Å². The molecule has 0 aliphatic carbocycles. The van der Waals surface area contributed by atoms with E-state index in [1.54, 1.807) is 41.3 Å². The second-order valence-electron chi connectivity index (χ2n) is 7.15. The molecule has 0 bridgehead atoms. The molecule has 2 aromatic carbocycles. The first-order chi connectivity index (χ1) is 15.6. The minimum Gasteiger partial charge on any atom is -0.335 e. The lowest BCUT2D eigenvalue weighted by atomic mass is 10.0. The van der Waals surface area contributed by atoms with E-state index in [0.717, 1.165) is 5.56 Å². The summed E-state index contributed by atoms with van der Waals surface area (Å²) in [4.78, 5) is 17.8. The van der Waals surface area contributed by atoms with Crippen molar-refractivity contribution >= 4 is 22.7 Å². The van der Waals surface area contributed by atoms with E-state index in [1.807, 2.05) is 37.3 Å². The van der Waals surface area contributed by atoms with Crippen LogP contribution in [0.2, 0.25) is 0 Å². The van der Waals surface area contributed by atoms with E-state index in [1.165, 1.54) is 6.07 Å². The predicted octanol–water partition coefficient (Wildman–Crippen LogP) is 5.16. The Morgan fingerprint density at radius 2 is 1.91 bits per heavy atom. The quantitative estimate of drug-likeness (QED) is 0.418. The number of hydrogen-bond donors (Lipinski definition) is 1. The minimum absolute atomic E-state index is 0.152. The number of pyridine rings is 1. The van der Waals surface area contributed by atoms with Crippen molar-refractivity contribution in [3.63, 3.8) is 0 Å². The first kappa shape index (κ1) is 19.6. The van der Waals surface area contributed by atoms with Crippen LogP contribution in [0.25, 0.3) is 33.6 Å². The van der Waals surface area contributed by atoms with Gasteiger partial charge in [-0.15, -0.1) is 0 Å². The van der Waals surface area contributed by atoms with Crippen molar-refractivity contribution in [2.75, 3.05) is 5.32 Å². The van der Waals surface area contributed by atoms with Gasteiger partial charge in [0.15, 0.2) is 0 Å². The molecule has 0 aliphatic heterocycles. The fraction of sp³-hybridized carbons (Fsp3) is 0.0833. The zero-order valence-corrected chi connectivity index (χ0v) is 17.1. The molecule has 158 valence electrons. The van der Waals surface area contributed by atoms with Crippen LogP contribution in [0.15, 0.2) is 77.6 Å². The molecule has 1 amide bonds. The van der Waals surface area contributed by atoms with Crippen LogP contribution in [0.4, 0.5) is 10.1 Å². The number of halogens is 1. The molecule has 1 N–H and O–H groups in total. The van der Waals surface area contributed by atoms with Crippen molar-refractivity contribution in [2.45, 2.75) is 13.5 Å². The monoisotopic (exact) mass is 427 g/mol. The lowest BCUT2D eigenvalue weighted by Gasteiger charge is -2.08. The largest absolute Gasteiger partial charge is 0.335 e. The van der Waals surface area contributed by atoms with Gasteiger partial charge in [0.05, 0.1) is 28.5 Å². The molecule has 5 rings (SSSR count). The Balaban J connectivity index is 1.68. The molecule has 0 radical (unpaired) electrons. The van der Waals surface area contributed by atoms with Crippen LogP contribution < -0.4 is 5.32 Å². The zero-order valence-electron chi connectivity index (χ0n) is 17.1. The van der Waals surface area contributed by atoms with Crippen LogP contribution in [0.1, 0.15) is 17.3 Å². The summed E-state index contributed by atoms with van der Waals surface area (Å²) in [6.07, 6.45) is 3.31. The molecule has 8 heteroatoms. The van der Waals surface area contributed by atoms with Gasteiger partial charge in [-0.1, -0.05) is 47.6 Å². The van der Waals surface area contributed by atoms with Crippen molar-refractivity contribution < 1.29 is 13.7 Å². The van der Waals surface area contributed by atoms with Crippen LogP contribution >= 0.6 is 0 Å². The van der Waals surface area contributed by atoms with E-state index in [-0.39, 0.29) is 22.5 Å². The van der Waals surface area contributed by atoms with Crippen LogP contribution in [0, 0.1) is 5.82 Å². The highest BCUT2D eigenvalue weighted by Gasteiger charge is 2.23. The molecule has 5 aromatic rings. The topological polar surface area (TPSA) is 85.8 Å². The van der Waals surface area contributed by atoms with Crippen molar-refractivity contribution in [2.24, 2.45) is 0 Å². The number of aromatic nitrogens is 4. The van der Waals surface area contributed by atoms with Crippen LogP contribution in [-0.4, -0.2) is 25.8 Å². The fourth-order valence-corrected chi connectivity index (χ4v) is 3.53. The van der Waals surface area contributed by atoms with Crippen LogP contribution in [0.3, 0.4) is 0 Å². The van der Waals surface area contributed by atoms with Crippen molar-refractivity contribution in [1.29, 1.82) is 0 Å². The Bertz CT molecular complexity index is 1430. The van der Waals surface area contributed by atoms with Gasteiger partial charge in [-0.2, -0.15) is 5.10 Å². The number of nitrogens with zero attached hydrogens (tertiary/aromatic N) is 4. The van der Waals surface area contributed by atoms with Crippen LogP contribution in [-0.2, 0) is 6.54 Å². The standard InChI is InChI=1S/C24H18FN5O2/c1-2-30-14-16(13-26-30)27-23(31)18-12-20(17-10-6-7-11-19(17)25)28-24-21(18)22(29-32-24)15-8-4-3-5-9-15/h3-14H,2H2,1H3,(H,27,31). The summed E-state index contributed by atoms with van der Waals surface area (Å²) < 4.78 is 21.7. The number of amides is 1. The van der Waals surface area contributed by atoms with E-state index in [4.69, 9.17) is 4.52 Å². The molecule has 0 spiro atoms. The molecule has 0 saturated heterocycles. The Morgan fingerprint density at radius 1 is 1.12 bits per heavy atom. The van der Waals surface area contributed by atoms with E-state index in [2.05, 4.69) is 20.6 Å². The highest BCUT2D eigenvalue weighted by Crippen LogP contribution is 2.33. The number of nitrogens with one attached hydrogen (secondary N) is 1. The van der Waals surface area contributed by atoms with Gasteiger partial charge in [-0.05, 0) is 25.1 Å². The second-order valence-corrected chi connectivity index (χ2v) is 7.15. The molecule has 0 atom stereocenters. The average Bonchev–Trinajstić information content (AvgIpc) is 3.46. The number of aryl methyl sites for hydroxylation is 1. The highest BCUT2D eigenvalue weighted by molar-refractivity contribution is 6.15. The summed E-state index contributed by atoms with van der Waals surface area (Å²) in [7, 11) is 0. The van der Waals surface area contributed by atoms with Crippen LogP contribution in [0.5, 0.6) is 0 Å². The Morgan fingerprint density at radius 3 is 2.66 bits per heavy atom. The number of anilines is 1. The van der Waals surface area contributed by atoms with E-state index in [0.29, 0.717) is 23.3 Å². The third kappa shape index (κ3) is 3.51. The van der Waals surface area contributed by atoms with Gasteiger partial charge in [0.2, 0.25) is 0 Å². The number of rotatable bonds is 5. The van der Waals surface area contributed by atoms with Gasteiger partial charge >= 0.3 is 0 Å². The van der Waals surface area contributed by atoms with Gasteiger partial charge in [-0.25, -0.2) is 9.37 Å². The third-order valence-corrected chi connectivity index (χ3v) is 5.10. The Kier molecular flexibility index (Phi) is 4.95. The van der Waals surface area contributed by atoms with Gasteiger partial charge in [0, 0.05) is 23.9 Å². The summed E-state index contributed by atoms with van der Waals surface area (Å²) in [6.45, 7) is 2.63. The van der Waals surface area contributed by atoms with E-state index in [9.17, 15) is 9.18 Å². The molecule has 7 nitrogen and oxygen atoms in total. The van der Waals surface area contributed by atoms with Crippen molar-refractivity contribution in [1.82, 2.24) is 19.9 Å². The second kappa shape index (κ2) is 8.07. The smallest absolute Gasteiger partial charge is 0.259 e. The molecular formula is C24H18FN5O2. The number of fused-ring (bicyclic) bond motifs is 1. The van der Waals surface area contributed by atoms with Crippen molar-refractivity contribution in [3.05, 3.63) is 84.4 Å². The molecule has 3 aromatic heterocycles. The molecular weight excluding hydrogens is 409 g/mol. The first-order valence-electron chi connectivity index (χ1n) is 10.1. The summed E-state index contributed by atoms with van der Waals surface area (Å²) in [5.41, 5.74) is 2.78. The molecule has 3 heterocycles. The molecule has 0 aliphatic rings. The number of benzene rings is 2. The first-order valence-corrected chi connectivity index (χ1v) is 10.1. The third-order valence-electron chi connectivity index (χ3n) is 5.10. The van der Waals surface area contributed by atoms with Gasteiger partial charge in [0.1, 0.15) is 11.5 Å². The lowest BCUT2D eigenvalue weighted by Crippen LogP contribution is -2.13. The molecule has 0 unspecified atom stereocenters. The summed E-state index contributed by atoms with van der Waals surface area (Å²) in [5.74, 6) is -0.844. The van der Waals surface area contributed by atoms with E-state index < -0.39 is 11.7 Å². The Labute approximate surface area is 182 Å². The maximum absolute atomic E-state index is 14.5. The lowest BCUT2D eigenvalue weighted by molar-refractivity contribution is 0.102. The van der Waals surface area contributed by atoms with Gasteiger partial charge < -0.3 is 9.84 Å². The maximum atomic E-state index is 14.5. The average molecular weight is 427 g/mol. The van der Waals surface area contributed by atoms with Gasteiger partial charge in [0.25, 0.3) is 11.6 Å². The number of carbonyl (C=O) groups excluding carboxylic acids is 1. The maximum Gasteiger partial charge on any atom is 0.259 e. The summed E-state index contributed by atoms with van der Waals surface area (Å²) in [6, 6.07) is 17.2. The number of carbonyl (C=O) groups is 1. The fourth-order valence-electron chi connectivity index (χ4n) is 3.53. The summed E-state index contributed by atoms with van der Waals surface area (Å²) in [5, 5.41) is 11.7. The van der Waals surface area contributed by atoms with E-state index >= 15 is 0 Å².